The number of fused-ring (bicyclic) bond motifs is 1. The molecule has 2 unspecified atom stereocenters. The second-order valence-corrected chi connectivity index (χ2v) is 10.5. The van der Waals surface area contributed by atoms with E-state index in [1.54, 1.807) is 12.0 Å². The Labute approximate surface area is 213 Å². The molecule has 3 heterocycles. The maximum absolute atomic E-state index is 13.7. The number of hydrogen-bond donors (Lipinski definition) is 0. The van der Waals surface area contributed by atoms with Crippen molar-refractivity contribution >= 4 is 22.9 Å². The fourth-order valence-corrected chi connectivity index (χ4v) is 4.59. The lowest BCUT2D eigenvalue weighted by atomic mass is 10.1. The van der Waals surface area contributed by atoms with Gasteiger partial charge in [-0.2, -0.15) is 0 Å². The Balaban J connectivity index is 1.49. The molecule has 1 aliphatic carbocycles. The van der Waals surface area contributed by atoms with Crippen LogP contribution in [0.1, 0.15) is 65.1 Å². The lowest BCUT2D eigenvalue weighted by Crippen LogP contribution is -2.54. The number of aromatic nitrogens is 2. The number of methoxy groups -OCH3 is 1. The van der Waals surface area contributed by atoms with Gasteiger partial charge in [-0.05, 0) is 58.6 Å². The van der Waals surface area contributed by atoms with Crippen LogP contribution in [0.5, 0.6) is 0 Å². The second-order valence-electron chi connectivity index (χ2n) is 10.5. The number of pyridine rings is 1. The average Bonchev–Trinajstić information content (AvgIpc) is 3.63. The van der Waals surface area contributed by atoms with Gasteiger partial charge in [-0.3, -0.25) is 9.78 Å². The minimum atomic E-state index is -0.708. The van der Waals surface area contributed by atoms with E-state index in [2.05, 4.69) is 22.9 Å². The molecular weight excluding hydrogens is 460 g/mol. The molecule has 1 saturated carbocycles. The number of nitrogens with zero attached hydrogens (tertiary/aromatic N) is 4. The molecule has 0 spiro atoms. The van der Waals surface area contributed by atoms with Crippen LogP contribution in [0.25, 0.3) is 10.9 Å². The maximum atomic E-state index is 13.7. The van der Waals surface area contributed by atoms with Crippen LogP contribution in [0.2, 0.25) is 0 Å². The summed E-state index contributed by atoms with van der Waals surface area (Å²) in [5.74, 6) is -0.0883. The summed E-state index contributed by atoms with van der Waals surface area (Å²) in [5.41, 5.74) is 1.41. The van der Waals surface area contributed by atoms with E-state index in [9.17, 15) is 9.59 Å². The zero-order chi connectivity index (χ0) is 25.9. The first kappa shape index (κ1) is 26.4. The monoisotopic (exact) mass is 500 g/mol. The standard InChI is InChI=1S/C27H40N4O5/c1-6-27(3,4)36-26(33)30-13-15-35-24(18-30)25(32)31(21-8-9-21)19(2)22-16-23-20(17-28-22)10-12-29(23)11-7-14-34-5/h10,12,16-17,19,21,24H,6-9,11,13-15,18H2,1-5H3. The molecule has 2 aromatic heterocycles. The Kier molecular flexibility index (Phi) is 8.20. The minimum absolute atomic E-state index is 0.0883. The number of carbonyl (C=O) groups is 2. The van der Waals surface area contributed by atoms with Gasteiger partial charge in [0.05, 0.1) is 30.4 Å². The summed E-state index contributed by atoms with van der Waals surface area (Å²) in [4.78, 5) is 34.7. The third-order valence-electron chi connectivity index (χ3n) is 7.28. The highest BCUT2D eigenvalue weighted by Crippen LogP contribution is 2.35. The lowest BCUT2D eigenvalue weighted by Gasteiger charge is -2.37. The molecule has 2 fully saturated rings. The molecule has 2 aromatic rings. The molecule has 198 valence electrons. The molecule has 9 nitrogen and oxygen atoms in total. The van der Waals surface area contributed by atoms with Crippen LogP contribution in [-0.4, -0.2) is 82.5 Å². The molecule has 1 saturated heterocycles. The summed E-state index contributed by atoms with van der Waals surface area (Å²) in [5, 5.41) is 1.08. The summed E-state index contributed by atoms with van der Waals surface area (Å²) < 4.78 is 18.9. The average molecular weight is 501 g/mol. The first-order chi connectivity index (χ1) is 17.2. The van der Waals surface area contributed by atoms with Gasteiger partial charge in [0.15, 0.2) is 6.10 Å². The molecule has 9 heteroatoms. The van der Waals surface area contributed by atoms with Crippen LogP contribution in [0, 0.1) is 0 Å². The highest BCUT2D eigenvalue weighted by Gasteiger charge is 2.42. The Morgan fingerprint density at radius 2 is 2.11 bits per heavy atom. The van der Waals surface area contributed by atoms with Gasteiger partial charge in [-0.15, -0.1) is 0 Å². The van der Waals surface area contributed by atoms with Crippen LogP contribution in [-0.2, 0) is 25.5 Å². The van der Waals surface area contributed by atoms with Gasteiger partial charge in [-0.25, -0.2) is 4.79 Å². The number of hydrogen-bond acceptors (Lipinski definition) is 6. The van der Waals surface area contributed by atoms with E-state index in [-0.39, 0.29) is 24.5 Å². The van der Waals surface area contributed by atoms with E-state index < -0.39 is 17.8 Å². The number of morpholine rings is 1. The highest BCUT2D eigenvalue weighted by molar-refractivity contribution is 5.84. The third kappa shape index (κ3) is 6.00. The van der Waals surface area contributed by atoms with Crippen molar-refractivity contribution in [3.05, 3.63) is 30.2 Å². The Morgan fingerprint density at radius 3 is 2.81 bits per heavy atom. The van der Waals surface area contributed by atoms with Crippen molar-refractivity contribution in [3.63, 3.8) is 0 Å². The van der Waals surface area contributed by atoms with Crippen molar-refractivity contribution in [3.8, 4) is 0 Å². The van der Waals surface area contributed by atoms with E-state index in [4.69, 9.17) is 19.2 Å². The third-order valence-corrected chi connectivity index (χ3v) is 7.28. The van der Waals surface area contributed by atoms with E-state index >= 15 is 0 Å². The number of ether oxygens (including phenoxy) is 3. The zero-order valence-electron chi connectivity index (χ0n) is 22.2. The van der Waals surface area contributed by atoms with Gasteiger partial charge in [0.1, 0.15) is 5.60 Å². The molecular formula is C27H40N4O5. The maximum Gasteiger partial charge on any atom is 0.410 e. The number of aryl methyl sites for hydroxylation is 1. The van der Waals surface area contributed by atoms with Crippen molar-refractivity contribution in [2.24, 2.45) is 0 Å². The number of rotatable bonds is 10. The van der Waals surface area contributed by atoms with Crippen molar-refractivity contribution in [1.82, 2.24) is 19.4 Å². The van der Waals surface area contributed by atoms with Crippen LogP contribution in [0.4, 0.5) is 4.79 Å². The Morgan fingerprint density at radius 1 is 1.33 bits per heavy atom. The van der Waals surface area contributed by atoms with Crippen molar-refractivity contribution in [1.29, 1.82) is 0 Å². The predicted molar refractivity (Wildman–Crippen MR) is 137 cm³/mol. The van der Waals surface area contributed by atoms with Gasteiger partial charge in [0, 0.05) is 50.6 Å². The van der Waals surface area contributed by atoms with Crippen LogP contribution in [0.3, 0.4) is 0 Å². The lowest BCUT2D eigenvalue weighted by molar-refractivity contribution is -0.152. The van der Waals surface area contributed by atoms with E-state index in [1.165, 1.54) is 0 Å². The molecule has 0 bridgehead atoms. The molecule has 4 rings (SSSR count). The van der Waals surface area contributed by atoms with E-state index in [1.807, 2.05) is 38.8 Å². The molecule has 2 aliphatic rings. The first-order valence-electron chi connectivity index (χ1n) is 13.1. The van der Waals surface area contributed by atoms with Crippen LogP contribution >= 0.6 is 0 Å². The first-order valence-corrected chi connectivity index (χ1v) is 13.1. The number of carbonyl (C=O) groups excluding carboxylic acids is 2. The molecule has 1 aliphatic heterocycles. The Hall–Kier alpha value is -2.65. The zero-order valence-corrected chi connectivity index (χ0v) is 22.2. The summed E-state index contributed by atoms with van der Waals surface area (Å²) in [6.45, 7) is 10.3. The van der Waals surface area contributed by atoms with Gasteiger partial charge in [0.2, 0.25) is 0 Å². The SMILES string of the molecule is CCC(C)(C)OC(=O)N1CCOC(C(=O)N(C2CC2)C(C)c2cc3c(ccn3CCCOC)cn2)C1. The quantitative estimate of drug-likeness (QED) is 0.456. The normalized spacial score (nSPS) is 19.4. The fourth-order valence-electron chi connectivity index (χ4n) is 4.59. The van der Waals surface area contributed by atoms with Crippen molar-refractivity contribution < 1.29 is 23.8 Å². The van der Waals surface area contributed by atoms with Gasteiger partial charge in [-0.1, -0.05) is 6.92 Å². The van der Waals surface area contributed by atoms with Gasteiger partial charge >= 0.3 is 6.09 Å². The van der Waals surface area contributed by atoms with Crippen LogP contribution in [0.15, 0.2) is 24.5 Å². The number of amides is 2. The molecule has 0 N–H and O–H groups in total. The van der Waals surface area contributed by atoms with E-state index in [0.29, 0.717) is 26.2 Å². The molecule has 0 radical (unpaired) electrons. The predicted octanol–water partition coefficient (Wildman–Crippen LogP) is 4.15. The molecule has 2 amide bonds. The molecule has 2 atom stereocenters. The van der Waals surface area contributed by atoms with Crippen LogP contribution < -0.4 is 0 Å². The smallest absolute Gasteiger partial charge is 0.410 e. The second kappa shape index (κ2) is 11.2. The molecule has 0 aromatic carbocycles. The van der Waals surface area contributed by atoms with Crippen molar-refractivity contribution in [2.45, 2.75) is 83.7 Å². The largest absolute Gasteiger partial charge is 0.443 e. The van der Waals surface area contributed by atoms with Gasteiger partial charge in [0.25, 0.3) is 5.91 Å². The van der Waals surface area contributed by atoms with E-state index in [0.717, 1.165) is 42.4 Å². The van der Waals surface area contributed by atoms with Gasteiger partial charge < -0.3 is 28.6 Å². The Bertz CT molecular complexity index is 1060. The summed E-state index contributed by atoms with van der Waals surface area (Å²) in [7, 11) is 1.71. The molecule has 36 heavy (non-hydrogen) atoms. The summed E-state index contributed by atoms with van der Waals surface area (Å²) >= 11 is 0. The minimum Gasteiger partial charge on any atom is -0.443 e. The highest BCUT2D eigenvalue weighted by atomic mass is 16.6. The topological polar surface area (TPSA) is 86.1 Å². The summed E-state index contributed by atoms with van der Waals surface area (Å²) in [6.07, 6.45) is 6.43. The van der Waals surface area contributed by atoms with Crippen molar-refractivity contribution in [2.75, 3.05) is 33.4 Å². The fraction of sp³-hybridized carbons (Fsp3) is 0.667. The summed E-state index contributed by atoms with van der Waals surface area (Å²) in [6, 6.07) is 4.12.